The van der Waals surface area contributed by atoms with E-state index in [0.29, 0.717) is 5.82 Å². The maximum atomic E-state index is 6.04. The number of piperazine rings is 1. The second-order valence-corrected chi connectivity index (χ2v) is 5.40. The lowest BCUT2D eigenvalue weighted by Crippen LogP contribution is -2.46. The van der Waals surface area contributed by atoms with Crippen molar-refractivity contribution in [2.45, 2.75) is 0 Å². The minimum absolute atomic E-state index is 0.210. The first kappa shape index (κ1) is 13.8. The molecule has 1 aliphatic rings. The molecule has 2 heterocycles. The molecule has 0 amide bonds. The van der Waals surface area contributed by atoms with Crippen LogP contribution in [0.2, 0.25) is 5.02 Å². The first-order valence-corrected chi connectivity index (χ1v) is 7.15. The Labute approximate surface area is 128 Å². The molecule has 1 fully saturated rings. The van der Waals surface area contributed by atoms with Crippen LogP contribution in [0.4, 0.5) is 23.3 Å². The van der Waals surface area contributed by atoms with Gasteiger partial charge in [-0.25, -0.2) is 0 Å². The van der Waals surface area contributed by atoms with E-state index in [-0.39, 0.29) is 5.95 Å². The lowest BCUT2D eigenvalue weighted by molar-refractivity contribution is 0.647. The van der Waals surface area contributed by atoms with E-state index in [0.717, 1.165) is 42.7 Å². The Balaban J connectivity index is 1.70. The third kappa shape index (κ3) is 3.11. The van der Waals surface area contributed by atoms with Gasteiger partial charge in [0.05, 0.1) is 0 Å². The number of rotatable bonds is 2. The monoisotopic (exact) mass is 304 g/mol. The van der Waals surface area contributed by atoms with Crippen LogP contribution in [0.25, 0.3) is 0 Å². The number of nitrogens with two attached hydrogens (primary N) is 2. The summed E-state index contributed by atoms with van der Waals surface area (Å²) in [5, 5.41) is 0.756. The molecular weight excluding hydrogens is 288 g/mol. The number of halogens is 1. The summed E-state index contributed by atoms with van der Waals surface area (Å²) in [5.74, 6) is 1.39. The Hall–Kier alpha value is -2.21. The summed E-state index contributed by atoms with van der Waals surface area (Å²) in [6.45, 7) is 3.49. The standard InChI is InChI=1S/C14H17ClN6/c15-10-2-1-3-11(8-10)20-4-6-21(7-5-20)13-9-12(16)18-14(17)19-13/h1-3,8-9H,4-7H2,(H4,16,17,18,19). The molecule has 1 aromatic carbocycles. The molecule has 0 saturated carbocycles. The van der Waals surface area contributed by atoms with Gasteiger partial charge in [0.1, 0.15) is 11.6 Å². The Morgan fingerprint density at radius 3 is 2.33 bits per heavy atom. The lowest BCUT2D eigenvalue weighted by atomic mass is 10.2. The molecule has 7 heteroatoms. The minimum atomic E-state index is 0.210. The van der Waals surface area contributed by atoms with Gasteiger partial charge in [0.25, 0.3) is 0 Å². The molecule has 110 valence electrons. The van der Waals surface area contributed by atoms with Crippen molar-refractivity contribution in [2.75, 3.05) is 47.4 Å². The number of aromatic nitrogens is 2. The van der Waals surface area contributed by atoms with E-state index in [9.17, 15) is 0 Å². The molecule has 0 aliphatic carbocycles. The fourth-order valence-electron chi connectivity index (χ4n) is 2.50. The Morgan fingerprint density at radius 2 is 1.67 bits per heavy atom. The number of anilines is 4. The molecule has 0 bridgehead atoms. The summed E-state index contributed by atoms with van der Waals surface area (Å²) >= 11 is 6.04. The highest BCUT2D eigenvalue weighted by Gasteiger charge is 2.19. The maximum Gasteiger partial charge on any atom is 0.223 e. The molecule has 2 aromatic rings. The molecule has 0 unspecified atom stereocenters. The maximum absolute atomic E-state index is 6.04. The molecule has 0 radical (unpaired) electrons. The van der Waals surface area contributed by atoms with Crippen molar-refractivity contribution in [2.24, 2.45) is 0 Å². The van der Waals surface area contributed by atoms with Gasteiger partial charge in [-0.2, -0.15) is 9.97 Å². The Kier molecular flexibility index (Phi) is 3.70. The van der Waals surface area contributed by atoms with Crippen LogP contribution in [-0.2, 0) is 0 Å². The minimum Gasteiger partial charge on any atom is -0.383 e. The lowest BCUT2D eigenvalue weighted by Gasteiger charge is -2.36. The summed E-state index contributed by atoms with van der Waals surface area (Å²) < 4.78 is 0. The van der Waals surface area contributed by atoms with Gasteiger partial charge in [-0.1, -0.05) is 17.7 Å². The van der Waals surface area contributed by atoms with E-state index in [1.807, 2.05) is 18.2 Å². The van der Waals surface area contributed by atoms with Crippen LogP contribution in [-0.4, -0.2) is 36.1 Å². The summed E-state index contributed by atoms with van der Waals surface area (Å²) in [6, 6.07) is 9.66. The van der Waals surface area contributed by atoms with E-state index in [1.54, 1.807) is 6.07 Å². The third-order valence-electron chi connectivity index (χ3n) is 3.53. The van der Waals surface area contributed by atoms with Crippen LogP contribution in [0, 0.1) is 0 Å². The number of hydrogen-bond donors (Lipinski definition) is 2. The summed E-state index contributed by atoms with van der Waals surface area (Å²) in [4.78, 5) is 12.6. The zero-order valence-corrected chi connectivity index (χ0v) is 12.3. The molecule has 0 spiro atoms. The fraction of sp³-hybridized carbons (Fsp3) is 0.286. The van der Waals surface area contributed by atoms with Crippen molar-refractivity contribution in [1.82, 2.24) is 9.97 Å². The van der Waals surface area contributed by atoms with Crippen molar-refractivity contribution >= 4 is 34.9 Å². The first-order chi connectivity index (χ1) is 10.1. The average Bonchev–Trinajstić information content (AvgIpc) is 2.46. The van der Waals surface area contributed by atoms with E-state index in [1.165, 1.54) is 0 Å². The highest BCUT2D eigenvalue weighted by Crippen LogP contribution is 2.23. The Bertz CT molecular complexity index is 619. The van der Waals surface area contributed by atoms with Crippen LogP contribution in [0.15, 0.2) is 30.3 Å². The van der Waals surface area contributed by atoms with Crippen molar-refractivity contribution in [3.8, 4) is 0 Å². The third-order valence-corrected chi connectivity index (χ3v) is 3.76. The summed E-state index contributed by atoms with van der Waals surface area (Å²) in [5.41, 5.74) is 12.5. The molecule has 0 atom stereocenters. The SMILES string of the molecule is Nc1cc(N2CCN(c3cccc(Cl)c3)CC2)nc(N)n1. The van der Waals surface area contributed by atoms with Crippen molar-refractivity contribution in [3.63, 3.8) is 0 Å². The van der Waals surface area contributed by atoms with E-state index >= 15 is 0 Å². The van der Waals surface area contributed by atoms with Crippen molar-refractivity contribution < 1.29 is 0 Å². The molecule has 1 saturated heterocycles. The topological polar surface area (TPSA) is 84.3 Å². The second kappa shape index (κ2) is 5.65. The predicted molar refractivity (Wildman–Crippen MR) is 86.7 cm³/mol. The van der Waals surface area contributed by atoms with E-state index in [4.69, 9.17) is 23.1 Å². The molecule has 6 nitrogen and oxygen atoms in total. The van der Waals surface area contributed by atoms with Crippen LogP contribution in [0.5, 0.6) is 0 Å². The van der Waals surface area contributed by atoms with Gasteiger partial charge in [-0.05, 0) is 18.2 Å². The normalized spacial score (nSPS) is 15.3. The summed E-state index contributed by atoms with van der Waals surface area (Å²) in [6.07, 6.45) is 0. The highest BCUT2D eigenvalue weighted by atomic mass is 35.5. The molecule has 1 aromatic heterocycles. The van der Waals surface area contributed by atoms with Crippen LogP contribution in [0.3, 0.4) is 0 Å². The number of nitrogens with zero attached hydrogens (tertiary/aromatic N) is 4. The zero-order valence-electron chi connectivity index (χ0n) is 11.5. The van der Waals surface area contributed by atoms with Crippen molar-refractivity contribution in [3.05, 3.63) is 35.4 Å². The average molecular weight is 305 g/mol. The smallest absolute Gasteiger partial charge is 0.223 e. The first-order valence-electron chi connectivity index (χ1n) is 6.77. The molecular formula is C14H17ClN6. The molecule has 21 heavy (non-hydrogen) atoms. The van der Waals surface area contributed by atoms with E-state index < -0.39 is 0 Å². The quantitative estimate of drug-likeness (QED) is 0.877. The van der Waals surface area contributed by atoms with Gasteiger partial charge in [0, 0.05) is 43.0 Å². The number of nitrogen functional groups attached to an aromatic ring is 2. The van der Waals surface area contributed by atoms with Crippen LogP contribution < -0.4 is 21.3 Å². The molecule has 1 aliphatic heterocycles. The Morgan fingerprint density at radius 1 is 0.952 bits per heavy atom. The molecule has 4 N–H and O–H groups in total. The summed E-state index contributed by atoms with van der Waals surface area (Å²) in [7, 11) is 0. The number of benzene rings is 1. The fourth-order valence-corrected chi connectivity index (χ4v) is 2.68. The van der Waals surface area contributed by atoms with Gasteiger partial charge >= 0.3 is 0 Å². The van der Waals surface area contributed by atoms with E-state index in [2.05, 4.69) is 25.8 Å². The van der Waals surface area contributed by atoms with Crippen LogP contribution >= 0.6 is 11.6 Å². The molecule has 3 rings (SSSR count). The van der Waals surface area contributed by atoms with Gasteiger partial charge in [-0.3, -0.25) is 0 Å². The second-order valence-electron chi connectivity index (χ2n) is 4.96. The largest absolute Gasteiger partial charge is 0.383 e. The highest BCUT2D eigenvalue weighted by molar-refractivity contribution is 6.30. The predicted octanol–water partition coefficient (Wildman–Crippen LogP) is 1.62. The zero-order chi connectivity index (χ0) is 14.8. The van der Waals surface area contributed by atoms with Gasteiger partial charge in [0.15, 0.2) is 0 Å². The van der Waals surface area contributed by atoms with Crippen molar-refractivity contribution in [1.29, 1.82) is 0 Å². The van der Waals surface area contributed by atoms with Crippen LogP contribution in [0.1, 0.15) is 0 Å². The van der Waals surface area contributed by atoms with Gasteiger partial charge in [-0.15, -0.1) is 0 Å². The number of hydrogen-bond acceptors (Lipinski definition) is 6. The van der Waals surface area contributed by atoms with Gasteiger partial charge < -0.3 is 21.3 Å². The van der Waals surface area contributed by atoms with Gasteiger partial charge in [0.2, 0.25) is 5.95 Å².